The Labute approximate surface area is 88.6 Å². The van der Waals surface area contributed by atoms with Gasteiger partial charge in [0, 0.05) is 5.75 Å². The zero-order valence-electron chi connectivity index (χ0n) is 8.45. The monoisotopic (exact) mass is 209 g/mol. The van der Waals surface area contributed by atoms with Crippen molar-refractivity contribution in [1.82, 2.24) is 0 Å². The number of aryl methyl sites for hydroxylation is 2. The van der Waals surface area contributed by atoms with Crippen LogP contribution in [-0.4, -0.2) is 5.17 Å². The topological polar surface area (TPSA) is 64.4 Å². The lowest BCUT2D eigenvalue weighted by Gasteiger charge is -2.05. The maximum absolute atomic E-state index is 5.50. The molecule has 4 N–H and O–H groups in total. The van der Waals surface area contributed by atoms with E-state index in [-0.39, 0.29) is 0 Å². The van der Waals surface area contributed by atoms with Crippen LogP contribution in [0.3, 0.4) is 0 Å². The van der Waals surface area contributed by atoms with Crippen molar-refractivity contribution < 1.29 is 0 Å². The first-order valence-electron chi connectivity index (χ1n) is 4.35. The second-order valence-electron chi connectivity index (χ2n) is 3.19. The van der Waals surface area contributed by atoms with Crippen LogP contribution >= 0.6 is 11.8 Å². The highest BCUT2D eigenvalue weighted by Crippen LogP contribution is 2.17. The molecule has 4 heteroatoms. The molecule has 3 nitrogen and oxygen atoms in total. The zero-order chi connectivity index (χ0) is 10.6. The van der Waals surface area contributed by atoms with Gasteiger partial charge >= 0.3 is 0 Å². The molecule has 0 aliphatic carbocycles. The van der Waals surface area contributed by atoms with E-state index in [0.29, 0.717) is 5.17 Å². The van der Waals surface area contributed by atoms with Crippen LogP contribution in [0, 0.1) is 13.8 Å². The third-order valence-electron chi connectivity index (χ3n) is 2.01. The Bertz CT molecular complexity index is 347. The summed E-state index contributed by atoms with van der Waals surface area (Å²) in [5, 5.41) is 3.84. The third-order valence-corrected chi connectivity index (χ3v) is 2.86. The number of nitrogens with zero attached hydrogens (tertiary/aromatic N) is 1. The van der Waals surface area contributed by atoms with E-state index in [9.17, 15) is 0 Å². The highest BCUT2D eigenvalue weighted by molar-refractivity contribution is 8.13. The van der Waals surface area contributed by atoms with Crippen molar-refractivity contribution in [3.05, 3.63) is 34.9 Å². The van der Waals surface area contributed by atoms with E-state index in [0.717, 1.165) is 5.75 Å². The normalized spacial score (nSPS) is 11.7. The van der Waals surface area contributed by atoms with E-state index in [2.05, 4.69) is 37.1 Å². The quantitative estimate of drug-likeness (QED) is 0.337. The Kier molecular flexibility index (Phi) is 3.83. The number of nitrogens with two attached hydrogens (primary N) is 2. The van der Waals surface area contributed by atoms with Crippen LogP contribution in [0.2, 0.25) is 0 Å². The molecule has 1 rings (SSSR count). The molecule has 0 heterocycles. The van der Waals surface area contributed by atoms with E-state index in [4.69, 9.17) is 11.6 Å². The molecule has 0 saturated heterocycles. The van der Waals surface area contributed by atoms with E-state index in [1.54, 1.807) is 0 Å². The van der Waals surface area contributed by atoms with Gasteiger partial charge in [-0.15, -0.1) is 0 Å². The van der Waals surface area contributed by atoms with Crippen molar-refractivity contribution in [3.63, 3.8) is 0 Å². The van der Waals surface area contributed by atoms with Gasteiger partial charge in [-0.25, -0.2) is 0 Å². The van der Waals surface area contributed by atoms with Crippen molar-refractivity contribution in [3.8, 4) is 0 Å². The summed E-state index contributed by atoms with van der Waals surface area (Å²) in [5.41, 5.74) is 9.31. The van der Waals surface area contributed by atoms with Gasteiger partial charge in [0.15, 0.2) is 5.17 Å². The smallest absolute Gasteiger partial charge is 0.177 e. The summed E-state index contributed by atoms with van der Waals surface area (Å²) < 4.78 is 0. The molecule has 0 bridgehead atoms. The summed E-state index contributed by atoms with van der Waals surface area (Å²) >= 11 is 1.46. The van der Waals surface area contributed by atoms with Crippen LogP contribution in [0.15, 0.2) is 23.3 Å². The van der Waals surface area contributed by atoms with Gasteiger partial charge in [-0.3, -0.25) is 0 Å². The average Bonchev–Trinajstić information content (AvgIpc) is 2.19. The predicted molar refractivity (Wildman–Crippen MR) is 63.0 cm³/mol. The second kappa shape index (κ2) is 4.91. The molecule has 0 unspecified atom stereocenters. The standard InChI is InChI=1S/C10H15N3S/c1-7-3-4-8(2)9(5-7)6-14-10(11)13-12/h3-5H,6,12H2,1-2H3,(H2,11,13). The Morgan fingerprint density at radius 1 is 1.43 bits per heavy atom. The minimum Gasteiger partial charge on any atom is -0.377 e. The summed E-state index contributed by atoms with van der Waals surface area (Å²) in [6, 6.07) is 6.37. The molecule has 0 amide bonds. The first-order valence-corrected chi connectivity index (χ1v) is 5.34. The van der Waals surface area contributed by atoms with Gasteiger partial charge in [0.25, 0.3) is 0 Å². The number of hydrazone groups is 1. The molecule has 0 fully saturated rings. The molecule has 0 radical (unpaired) electrons. The van der Waals surface area contributed by atoms with E-state index < -0.39 is 0 Å². The van der Waals surface area contributed by atoms with Gasteiger partial charge in [0.2, 0.25) is 0 Å². The molecule has 14 heavy (non-hydrogen) atoms. The van der Waals surface area contributed by atoms with Crippen LogP contribution in [-0.2, 0) is 5.75 Å². The first-order chi connectivity index (χ1) is 6.63. The van der Waals surface area contributed by atoms with Crippen molar-refractivity contribution >= 4 is 16.9 Å². The van der Waals surface area contributed by atoms with Crippen molar-refractivity contribution in [2.24, 2.45) is 16.7 Å². The predicted octanol–water partition coefficient (Wildman–Crippen LogP) is 1.73. The third kappa shape index (κ3) is 2.96. The average molecular weight is 209 g/mol. The molecule has 1 aromatic carbocycles. The number of hydrogen-bond donors (Lipinski definition) is 2. The van der Waals surface area contributed by atoms with Crippen molar-refractivity contribution in [1.29, 1.82) is 0 Å². The lowest BCUT2D eigenvalue weighted by Crippen LogP contribution is -2.09. The van der Waals surface area contributed by atoms with Crippen LogP contribution in [0.1, 0.15) is 16.7 Å². The Hall–Kier alpha value is -1.16. The Morgan fingerprint density at radius 2 is 2.14 bits per heavy atom. The summed E-state index contributed by atoms with van der Waals surface area (Å²) in [5.74, 6) is 5.87. The number of hydrogen-bond acceptors (Lipinski definition) is 3. The fourth-order valence-corrected chi connectivity index (χ4v) is 1.83. The summed E-state index contributed by atoms with van der Waals surface area (Å²) in [4.78, 5) is 0. The van der Waals surface area contributed by atoms with Crippen molar-refractivity contribution in [2.45, 2.75) is 19.6 Å². The lowest BCUT2D eigenvalue weighted by atomic mass is 10.1. The molecule has 0 saturated carbocycles. The molecule has 1 aromatic rings. The maximum atomic E-state index is 5.50. The minimum absolute atomic E-state index is 0.422. The van der Waals surface area contributed by atoms with E-state index in [1.807, 2.05) is 0 Å². The molecular formula is C10H15N3S. The number of thioether (sulfide) groups is 1. The van der Waals surface area contributed by atoms with Crippen LogP contribution in [0.25, 0.3) is 0 Å². The molecule has 0 aliphatic rings. The van der Waals surface area contributed by atoms with E-state index >= 15 is 0 Å². The lowest BCUT2D eigenvalue weighted by molar-refractivity contribution is 1.24. The fraction of sp³-hybridized carbons (Fsp3) is 0.300. The number of rotatable bonds is 2. The Balaban J connectivity index is 2.71. The maximum Gasteiger partial charge on any atom is 0.177 e. The van der Waals surface area contributed by atoms with Crippen molar-refractivity contribution in [2.75, 3.05) is 0 Å². The van der Waals surface area contributed by atoms with Gasteiger partial charge in [-0.2, -0.15) is 5.10 Å². The molecule has 0 aliphatic heterocycles. The summed E-state index contributed by atoms with van der Waals surface area (Å²) in [6.45, 7) is 4.17. The zero-order valence-corrected chi connectivity index (χ0v) is 9.27. The van der Waals surface area contributed by atoms with Gasteiger partial charge in [-0.05, 0) is 25.0 Å². The van der Waals surface area contributed by atoms with Gasteiger partial charge in [0.05, 0.1) is 0 Å². The molecule has 0 aromatic heterocycles. The van der Waals surface area contributed by atoms with Gasteiger partial charge in [-0.1, -0.05) is 35.5 Å². The first kappa shape index (κ1) is 10.9. The minimum atomic E-state index is 0.422. The van der Waals surface area contributed by atoms with E-state index in [1.165, 1.54) is 28.5 Å². The van der Waals surface area contributed by atoms with Crippen LogP contribution < -0.4 is 11.6 Å². The highest BCUT2D eigenvalue weighted by Gasteiger charge is 2.00. The largest absolute Gasteiger partial charge is 0.377 e. The molecule has 0 spiro atoms. The van der Waals surface area contributed by atoms with Gasteiger partial charge in [0.1, 0.15) is 0 Å². The SMILES string of the molecule is Cc1ccc(C)c(CSC(N)=NN)c1. The molecule has 0 atom stereocenters. The fourth-order valence-electron chi connectivity index (χ4n) is 1.14. The molecule has 76 valence electrons. The Morgan fingerprint density at radius 3 is 2.79 bits per heavy atom. The number of amidine groups is 1. The van der Waals surface area contributed by atoms with Gasteiger partial charge < -0.3 is 11.6 Å². The second-order valence-corrected chi connectivity index (χ2v) is 4.18. The molecular weight excluding hydrogens is 194 g/mol. The summed E-state index contributed by atoms with van der Waals surface area (Å²) in [6.07, 6.45) is 0. The highest BCUT2D eigenvalue weighted by atomic mass is 32.2. The van der Waals surface area contributed by atoms with Crippen LogP contribution in [0.4, 0.5) is 0 Å². The number of benzene rings is 1. The summed E-state index contributed by atoms with van der Waals surface area (Å²) in [7, 11) is 0. The van der Waals surface area contributed by atoms with Crippen LogP contribution in [0.5, 0.6) is 0 Å².